The Bertz CT molecular complexity index is 662. The van der Waals surface area contributed by atoms with E-state index in [1.54, 1.807) is 17.8 Å². The van der Waals surface area contributed by atoms with Crippen molar-refractivity contribution in [2.45, 2.75) is 19.9 Å². The number of aryl methyl sites for hydroxylation is 2. The molecule has 0 saturated carbocycles. The van der Waals surface area contributed by atoms with Crippen molar-refractivity contribution in [3.63, 3.8) is 0 Å². The van der Waals surface area contributed by atoms with Crippen LogP contribution in [0, 0.1) is 6.92 Å². The van der Waals surface area contributed by atoms with Gasteiger partial charge in [0.05, 0.1) is 12.3 Å². The predicted octanol–water partition coefficient (Wildman–Crippen LogP) is 2.61. The van der Waals surface area contributed by atoms with Crippen LogP contribution < -0.4 is 10.1 Å². The summed E-state index contributed by atoms with van der Waals surface area (Å²) in [5.74, 6) is 0.658. The van der Waals surface area contributed by atoms with Gasteiger partial charge in [-0.15, -0.1) is 6.58 Å². The summed E-state index contributed by atoms with van der Waals surface area (Å²) < 4.78 is 7.19. The number of nitrogens with zero attached hydrogens (tertiary/aromatic N) is 2. The first-order chi connectivity index (χ1) is 10.6. The van der Waals surface area contributed by atoms with Gasteiger partial charge >= 0.3 is 0 Å². The van der Waals surface area contributed by atoms with Crippen LogP contribution in [0.25, 0.3) is 0 Å². The van der Waals surface area contributed by atoms with E-state index >= 15 is 0 Å². The molecule has 0 saturated heterocycles. The highest BCUT2D eigenvalue weighted by Gasteiger charge is 2.11. The topological polar surface area (TPSA) is 56.1 Å². The molecule has 0 aliphatic heterocycles. The van der Waals surface area contributed by atoms with Gasteiger partial charge in [0.25, 0.3) is 5.91 Å². The molecule has 116 valence electrons. The molecule has 0 unspecified atom stereocenters. The molecule has 5 nitrogen and oxygen atoms in total. The van der Waals surface area contributed by atoms with E-state index in [0.29, 0.717) is 18.8 Å². The van der Waals surface area contributed by atoms with Crippen molar-refractivity contribution < 1.29 is 9.53 Å². The molecule has 0 aliphatic carbocycles. The van der Waals surface area contributed by atoms with Gasteiger partial charge in [-0.1, -0.05) is 18.2 Å². The number of hydrogen-bond donors (Lipinski definition) is 1. The zero-order chi connectivity index (χ0) is 15.9. The van der Waals surface area contributed by atoms with Crippen molar-refractivity contribution in [1.29, 1.82) is 0 Å². The fourth-order valence-electron chi connectivity index (χ4n) is 2.10. The summed E-state index contributed by atoms with van der Waals surface area (Å²) in [5, 5.41) is 7.06. The van der Waals surface area contributed by atoms with E-state index in [-0.39, 0.29) is 5.91 Å². The minimum absolute atomic E-state index is 0.138. The molecule has 0 radical (unpaired) electrons. The van der Waals surface area contributed by atoms with E-state index in [4.69, 9.17) is 4.74 Å². The Balaban J connectivity index is 1.93. The zero-order valence-electron chi connectivity index (χ0n) is 13.0. The second-order valence-electron chi connectivity index (χ2n) is 5.05. The third-order valence-corrected chi connectivity index (χ3v) is 3.18. The Morgan fingerprint density at radius 2 is 2.27 bits per heavy atom. The Labute approximate surface area is 130 Å². The monoisotopic (exact) mass is 299 g/mol. The molecule has 1 aromatic carbocycles. The number of benzene rings is 1. The van der Waals surface area contributed by atoms with Crippen LogP contribution in [0.1, 0.15) is 28.2 Å². The molecule has 1 N–H and O–H groups in total. The summed E-state index contributed by atoms with van der Waals surface area (Å²) >= 11 is 0. The lowest BCUT2D eigenvalue weighted by molar-refractivity contribution is 0.0941. The van der Waals surface area contributed by atoms with Gasteiger partial charge in [0.1, 0.15) is 11.4 Å². The van der Waals surface area contributed by atoms with Crippen LogP contribution in [-0.2, 0) is 13.6 Å². The number of amides is 1. The first-order valence-corrected chi connectivity index (χ1v) is 7.21. The minimum Gasteiger partial charge on any atom is -0.493 e. The van der Waals surface area contributed by atoms with E-state index < -0.39 is 0 Å². The SMILES string of the molecule is C=CCCOc1cccc(CNC(=O)c2cc(C)nn2C)c1. The van der Waals surface area contributed by atoms with Crippen LogP contribution in [-0.4, -0.2) is 22.3 Å². The molecule has 22 heavy (non-hydrogen) atoms. The number of nitrogens with one attached hydrogen (secondary N) is 1. The second-order valence-corrected chi connectivity index (χ2v) is 5.05. The van der Waals surface area contributed by atoms with Crippen LogP contribution in [0.2, 0.25) is 0 Å². The summed E-state index contributed by atoms with van der Waals surface area (Å²) in [6.07, 6.45) is 2.63. The number of hydrogen-bond acceptors (Lipinski definition) is 3. The molecule has 1 heterocycles. The van der Waals surface area contributed by atoms with Gasteiger partial charge in [0.15, 0.2) is 0 Å². The molecule has 0 bridgehead atoms. The zero-order valence-corrected chi connectivity index (χ0v) is 13.0. The molecule has 0 aliphatic rings. The average molecular weight is 299 g/mol. The molecule has 1 aromatic heterocycles. The lowest BCUT2D eigenvalue weighted by Gasteiger charge is -2.08. The Morgan fingerprint density at radius 1 is 1.45 bits per heavy atom. The maximum Gasteiger partial charge on any atom is 0.269 e. The van der Waals surface area contributed by atoms with Crippen molar-refractivity contribution in [3.05, 3.63) is 59.9 Å². The van der Waals surface area contributed by atoms with Crippen molar-refractivity contribution in [2.75, 3.05) is 6.61 Å². The van der Waals surface area contributed by atoms with Gasteiger partial charge in [-0.2, -0.15) is 5.10 Å². The average Bonchev–Trinajstić information content (AvgIpc) is 2.84. The van der Waals surface area contributed by atoms with Gasteiger partial charge < -0.3 is 10.1 Å². The molecular formula is C17H21N3O2. The molecule has 0 spiro atoms. The second kappa shape index (κ2) is 7.45. The lowest BCUT2D eigenvalue weighted by atomic mass is 10.2. The highest BCUT2D eigenvalue weighted by Crippen LogP contribution is 2.13. The number of carbonyl (C=O) groups excluding carboxylic acids is 1. The molecule has 2 rings (SSSR count). The van der Waals surface area contributed by atoms with Crippen molar-refractivity contribution in [3.8, 4) is 5.75 Å². The smallest absolute Gasteiger partial charge is 0.269 e. The van der Waals surface area contributed by atoms with E-state index in [0.717, 1.165) is 23.4 Å². The quantitative estimate of drug-likeness (QED) is 0.631. The summed E-state index contributed by atoms with van der Waals surface area (Å²) in [6, 6.07) is 9.47. The normalized spacial score (nSPS) is 10.3. The molecule has 2 aromatic rings. The van der Waals surface area contributed by atoms with Gasteiger partial charge in [-0.25, -0.2) is 0 Å². The van der Waals surface area contributed by atoms with Gasteiger partial charge in [0, 0.05) is 13.6 Å². The predicted molar refractivity (Wildman–Crippen MR) is 85.9 cm³/mol. The third-order valence-electron chi connectivity index (χ3n) is 3.18. The van der Waals surface area contributed by atoms with Crippen molar-refractivity contribution >= 4 is 5.91 Å². The van der Waals surface area contributed by atoms with Crippen molar-refractivity contribution in [2.24, 2.45) is 7.05 Å². The standard InChI is InChI=1S/C17H21N3O2/c1-4-5-9-22-15-8-6-7-14(11-15)12-18-17(21)16-10-13(2)19-20(16)3/h4,6-8,10-11H,1,5,9,12H2,2-3H3,(H,18,21). The fourth-order valence-corrected chi connectivity index (χ4v) is 2.10. The summed E-state index contributed by atoms with van der Waals surface area (Å²) in [4.78, 5) is 12.1. The van der Waals surface area contributed by atoms with Crippen LogP contribution in [0.5, 0.6) is 5.75 Å². The van der Waals surface area contributed by atoms with Crippen LogP contribution >= 0.6 is 0 Å². The van der Waals surface area contributed by atoms with Gasteiger partial charge in [-0.3, -0.25) is 9.48 Å². The first-order valence-electron chi connectivity index (χ1n) is 7.21. The maximum atomic E-state index is 12.1. The molecule has 1 amide bonds. The lowest BCUT2D eigenvalue weighted by Crippen LogP contribution is -2.25. The molecule has 5 heteroatoms. The van der Waals surface area contributed by atoms with E-state index in [2.05, 4.69) is 17.0 Å². The molecule has 0 atom stereocenters. The van der Waals surface area contributed by atoms with E-state index in [1.807, 2.05) is 37.3 Å². The Morgan fingerprint density at radius 3 is 2.95 bits per heavy atom. The largest absolute Gasteiger partial charge is 0.493 e. The van der Waals surface area contributed by atoms with E-state index in [9.17, 15) is 4.79 Å². The highest BCUT2D eigenvalue weighted by atomic mass is 16.5. The molecular weight excluding hydrogens is 278 g/mol. The Hall–Kier alpha value is -2.56. The van der Waals surface area contributed by atoms with Crippen molar-refractivity contribution in [1.82, 2.24) is 15.1 Å². The van der Waals surface area contributed by atoms with Crippen LogP contribution in [0.15, 0.2) is 43.0 Å². The summed E-state index contributed by atoms with van der Waals surface area (Å²) in [5.41, 5.74) is 2.37. The van der Waals surface area contributed by atoms with Crippen LogP contribution in [0.4, 0.5) is 0 Å². The number of rotatable bonds is 7. The van der Waals surface area contributed by atoms with Gasteiger partial charge in [0.2, 0.25) is 0 Å². The fraction of sp³-hybridized carbons (Fsp3) is 0.294. The highest BCUT2D eigenvalue weighted by molar-refractivity contribution is 5.92. The van der Waals surface area contributed by atoms with Gasteiger partial charge in [-0.05, 0) is 37.1 Å². The number of aromatic nitrogens is 2. The molecule has 0 fully saturated rings. The summed E-state index contributed by atoms with van der Waals surface area (Å²) in [6.45, 7) is 6.57. The first kappa shape index (κ1) is 15.8. The number of ether oxygens (including phenoxy) is 1. The number of carbonyl (C=O) groups is 1. The van der Waals surface area contributed by atoms with Crippen LogP contribution in [0.3, 0.4) is 0 Å². The Kier molecular flexibility index (Phi) is 5.36. The summed E-state index contributed by atoms with van der Waals surface area (Å²) in [7, 11) is 1.76. The minimum atomic E-state index is -0.138. The maximum absolute atomic E-state index is 12.1. The van der Waals surface area contributed by atoms with E-state index in [1.165, 1.54) is 0 Å². The third kappa shape index (κ3) is 4.22.